The summed E-state index contributed by atoms with van der Waals surface area (Å²) in [5.74, 6) is 0.395. The first-order chi connectivity index (χ1) is 8.41. The van der Waals surface area contributed by atoms with Crippen molar-refractivity contribution in [2.24, 2.45) is 0 Å². The van der Waals surface area contributed by atoms with Gasteiger partial charge in [-0.25, -0.2) is 0 Å². The van der Waals surface area contributed by atoms with Crippen molar-refractivity contribution in [1.82, 2.24) is 14.8 Å². The molecule has 18 heavy (non-hydrogen) atoms. The summed E-state index contributed by atoms with van der Waals surface area (Å²) in [5.41, 5.74) is 5.29. The number of nitrogens with zero attached hydrogens (tertiary/aromatic N) is 3. The van der Waals surface area contributed by atoms with Gasteiger partial charge < -0.3 is 11.1 Å². The molecule has 0 saturated carbocycles. The fraction of sp³-hybridized carbons (Fsp3) is 0.200. The molecule has 0 aliphatic heterocycles. The van der Waals surface area contributed by atoms with Crippen LogP contribution in [0.1, 0.15) is 5.56 Å². The smallest absolute Gasteiger partial charge is 0.368 e. The van der Waals surface area contributed by atoms with Crippen LogP contribution in [0.3, 0.4) is 0 Å². The zero-order valence-electron chi connectivity index (χ0n) is 9.36. The summed E-state index contributed by atoms with van der Waals surface area (Å²) in [6, 6.07) is 4.51. The molecule has 1 aromatic heterocycles. The highest BCUT2D eigenvalue weighted by atomic mass is 19.4. The lowest BCUT2D eigenvalue weighted by atomic mass is 10.2. The van der Waals surface area contributed by atoms with Crippen molar-refractivity contribution in [3.63, 3.8) is 0 Å². The standard InChI is InChI=1S/C10H10F3N5/c1-15-9-16-8(14)18(17-9)7-4-2-6(3-5-7)10(11,12)13/h2-5H,1H3,(H3,14,15,16,17). The molecule has 2 rings (SSSR count). The number of rotatable bonds is 2. The first-order valence-electron chi connectivity index (χ1n) is 5.00. The lowest BCUT2D eigenvalue weighted by molar-refractivity contribution is -0.137. The van der Waals surface area contributed by atoms with Gasteiger partial charge in [0.1, 0.15) is 0 Å². The maximum Gasteiger partial charge on any atom is 0.416 e. The maximum atomic E-state index is 12.4. The molecule has 0 unspecified atom stereocenters. The van der Waals surface area contributed by atoms with Gasteiger partial charge in [-0.05, 0) is 24.3 Å². The highest BCUT2D eigenvalue weighted by molar-refractivity contribution is 5.42. The Labute approximate surface area is 100 Å². The molecule has 0 amide bonds. The van der Waals surface area contributed by atoms with E-state index in [4.69, 9.17) is 5.73 Å². The van der Waals surface area contributed by atoms with Crippen LogP contribution in [0.2, 0.25) is 0 Å². The van der Waals surface area contributed by atoms with E-state index < -0.39 is 11.7 Å². The molecule has 0 atom stereocenters. The number of nitrogens with two attached hydrogens (primary N) is 1. The molecule has 0 bridgehead atoms. The Bertz CT molecular complexity index is 544. The highest BCUT2D eigenvalue weighted by Gasteiger charge is 2.30. The van der Waals surface area contributed by atoms with Crippen LogP contribution in [0.4, 0.5) is 25.1 Å². The number of aromatic nitrogens is 3. The molecule has 0 spiro atoms. The van der Waals surface area contributed by atoms with Crippen LogP contribution in [0.5, 0.6) is 0 Å². The maximum absolute atomic E-state index is 12.4. The first-order valence-corrected chi connectivity index (χ1v) is 5.00. The number of anilines is 2. The largest absolute Gasteiger partial charge is 0.416 e. The summed E-state index contributed by atoms with van der Waals surface area (Å²) in [6.07, 6.45) is -4.36. The van der Waals surface area contributed by atoms with Gasteiger partial charge in [0, 0.05) is 7.05 Å². The van der Waals surface area contributed by atoms with Crippen LogP contribution < -0.4 is 11.1 Å². The van der Waals surface area contributed by atoms with Crippen LogP contribution in [0.15, 0.2) is 24.3 Å². The quantitative estimate of drug-likeness (QED) is 0.862. The van der Waals surface area contributed by atoms with E-state index in [9.17, 15) is 13.2 Å². The second-order valence-corrected chi connectivity index (χ2v) is 3.50. The van der Waals surface area contributed by atoms with Gasteiger partial charge >= 0.3 is 6.18 Å². The Morgan fingerprint density at radius 2 is 1.83 bits per heavy atom. The van der Waals surface area contributed by atoms with E-state index >= 15 is 0 Å². The average molecular weight is 257 g/mol. The van der Waals surface area contributed by atoms with Gasteiger partial charge in [0.25, 0.3) is 0 Å². The lowest BCUT2D eigenvalue weighted by Gasteiger charge is -2.07. The predicted molar refractivity (Wildman–Crippen MR) is 60.3 cm³/mol. The normalized spacial score (nSPS) is 11.6. The molecule has 0 aliphatic carbocycles. The molecular formula is C10H10F3N5. The van der Waals surface area contributed by atoms with Gasteiger partial charge in [-0.1, -0.05) is 0 Å². The number of nitrogens with one attached hydrogen (secondary N) is 1. The Hall–Kier alpha value is -2.25. The van der Waals surface area contributed by atoms with Gasteiger partial charge in [-0.3, -0.25) is 0 Å². The molecule has 1 heterocycles. The second-order valence-electron chi connectivity index (χ2n) is 3.50. The van der Waals surface area contributed by atoms with Crippen molar-refractivity contribution in [3.8, 4) is 5.69 Å². The molecule has 5 nitrogen and oxygen atoms in total. The van der Waals surface area contributed by atoms with E-state index in [1.165, 1.54) is 16.8 Å². The van der Waals surface area contributed by atoms with E-state index in [1.54, 1.807) is 7.05 Å². The number of halogens is 3. The Morgan fingerprint density at radius 1 is 1.22 bits per heavy atom. The van der Waals surface area contributed by atoms with Crippen LogP contribution in [-0.2, 0) is 6.18 Å². The van der Waals surface area contributed by atoms with E-state index in [1.807, 2.05) is 0 Å². The molecule has 8 heteroatoms. The number of hydrogen-bond acceptors (Lipinski definition) is 4. The zero-order valence-corrected chi connectivity index (χ0v) is 9.36. The molecular weight excluding hydrogens is 247 g/mol. The Morgan fingerprint density at radius 3 is 2.28 bits per heavy atom. The molecule has 3 N–H and O–H groups in total. The second kappa shape index (κ2) is 4.21. The molecule has 0 aliphatic rings. The molecule has 96 valence electrons. The van der Waals surface area contributed by atoms with Crippen LogP contribution >= 0.6 is 0 Å². The fourth-order valence-corrected chi connectivity index (χ4v) is 1.41. The molecule has 0 radical (unpaired) electrons. The lowest BCUT2D eigenvalue weighted by Crippen LogP contribution is -2.06. The van der Waals surface area contributed by atoms with Crippen molar-refractivity contribution >= 4 is 11.9 Å². The van der Waals surface area contributed by atoms with E-state index in [-0.39, 0.29) is 5.95 Å². The SMILES string of the molecule is CNc1nc(N)n(-c2ccc(C(F)(F)F)cc2)n1. The van der Waals surface area contributed by atoms with Crippen molar-refractivity contribution in [3.05, 3.63) is 29.8 Å². The van der Waals surface area contributed by atoms with Crippen molar-refractivity contribution in [2.45, 2.75) is 6.18 Å². The summed E-state index contributed by atoms with van der Waals surface area (Å²) >= 11 is 0. The average Bonchev–Trinajstić information content (AvgIpc) is 2.70. The van der Waals surface area contributed by atoms with Gasteiger partial charge in [-0.2, -0.15) is 22.8 Å². The minimum Gasteiger partial charge on any atom is -0.368 e. The van der Waals surface area contributed by atoms with Gasteiger partial charge in [0.05, 0.1) is 11.3 Å². The van der Waals surface area contributed by atoms with Crippen LogP contribution in [0.25, 0.3) is 5.69 Å². The first kappa shape index (κ1) is 12.2. The third-order valence-corrected chi connectivity index (χ3v) is 2.29. The van der Waals surface area contributed by atoms with Gasteiger partial charge in [0.15, 0.2) is 0 Å². The van der Waals surface area contributed by atoms with Crippen molar-refractivity contribution in [2.75, 3.05) is 18.1 Å². The van der Waals surface area contributed by atoms with Crippen LogP contribution in [0, 0.1) is 0 Å². The van der Waals surface area contributed by atoms with E-state index in [0.717, 1.165) is 12.1 Å². The Kier molecular flexibility index (Phi) is 2.85. The molecule has 1 aromatic carbocycles. The third kappa shape index (κ3) is 2.22. The minimum atomic E-state index is -4.36. The molecule has 2 aromatic rings. The van der Waals surface area contributed by atoms with E-state index in [2.05, 4.69) is 15.4 Å². The summed E-state index contributed by atoms with van der Waals surface area (Å²) in [5, 5.41) is 6.67. The third-order valence-electron chi connectivity index (χ3n) is 2.29. The van der Waals surface area contributed by atoms with Crippen LogP contribution in [-0.4, -0.2) is 21.8 Å². The number of alkyl halides is 3. The zero-order chi connectivity index (χ0) is 13.3. The van der Waals surface area contributed by atoms with Crippen molar-refractivity contribution in [1.29, 1.82) is 0 Å². The fourth-order valence-electron chi connectivity index (χ4n) is 1.41. The molecule has 0 fully saturated rings. The predicted octanol–water partition coefficient (Wildman–Crippen LogP) is 1.91. The summed E-state index contributed by atoms with van der Waals surface area (Å²) in [6.45, 7) is 0. The topological polar surface area (TPSA) is 68.8 Å². The minimum absolute atomic E-state index is 0.0964. The van der Waals surface area contributed by atoms with Gasteiger partial charge in [0.2, 0.25) is 11.9 Å². The number of nitrogen functional groups attached to an aromatic ring is 1. The molecule has 0 saturated heterocycles. The van der Waals surface area contributed by atoms with E-state index in [0.29, 0.717) is 11.6 Å². The van der Waals surface area contributed by atoms with Gasteiger partial charge in [-0.15, -0.1) is 5.10 Å². The summed E-state index contributed by atoms with van der Waals surface area (Å²) in [4.78, 5) is 3.87. The summed E-state index contributed by atoms with van der Waals surface area (Å²) < 4.78 is 38.4. The summed E-state index contributed by atoms with van der Waals surface area (Å²) in [7, 11) is 1.62. The number of hydrogen-bond donors (Lipinski definition) is 2. The number of benzene rings is 1. The Balaban J connectivity index is 2.37. The monoisotopic (exact) mass is 257 g/mol. The highest BCUT2D eigenvalue weighted by Crippen LogP contribution is 2.29. The van der Waals surface area contributed by atoms with Crippen molar-refractivity contribution < 1.29 is 13.2 Å².